The molecule has 8 atom stereocenters. The van der Waals surface area contributed by atoms with Crippen molar-refractivity contribution < 1.29 is 5.11 Å². The van der Waals surface area contributed by atoms with Crippen molar-refractivity contribution in [1.82, 2.24) is 19.6 Å². The van der Waals surface area contributed by atoms with Crippen molar-refractivity contribution in [3.8, 4) is 0 Å². The third-order valence-electron chi connectivity index (χ3n) is 13.7. The van der Waals surface area contributed by atoms with Crippen LogP contribution in [0.3, 0.4) is 0 Å². The van der Waals surface area contributed by atoms with Gasteiger partial charge in [0.1, 0.15) is 0 Å². The van der Waals surface area contributed by atoms with E-state index in [1.54, 1.807) is 0 Å². The Hall–Kier alpha value is -0.200. The molecule has 0 aromatic rings. The molecule has 8 aliphatic heterocycles. The molecule has 0 radical (unpaired) electrons. The van der Waals surface area contributed by atoms with Crippen molar-refractivity contribution in [3.05, 3.63) is 0 Å². The molecule has 5 heteroatoms. The van der Waals surface area contributed by atoms with Gasteiger partial charge in [-0.25, -0.2) is 0 Å². The van der Waals surface area contributed by atoms with Gasteiger partial charge in [0.05, 0.1) is 5.60 Å². The highest BCUT2D eigenvalue weighted by atomic mass is 16.3. The third-order valence-corrected chi connectivity index (χ3v) is 13.7. The second-order valence-electron chi connectivity index (χ2n) is 19.8. The van der Waals surface area contributed by atoms with E-state index in [4.69, 9.17) is 0 Å². The van der Waals surface area contributed by atoms with E-state index in [1.807, 2.05) is 6.92 Å². The molecule has 0 saturated carbocycles. The summed E-state index contributed by atoms with van der Waals surface area (Å²) in [5.74, 6) is 0.947. The topological polar surface area (TPSA) is 33.2 Å². The summed E-state index contributed by atoms with van der Waals surface area (Å²) in [7, 11) is 0. The minimum atomic E-state index is -0.434. The molecule has 0 aromatic heterocycles. The van der Waals surface area contributed by atoms with E-state index in [0.29, 0.717) is 17.6 Å². The van der Waals surface area contributed by atoms with Crippen LogP contribution in [0.2, 0.25) is 0 Å². The van der Waals surface area contributed by atoms with Crippen molar-refractivity contribution in [3.63, 3.8) is 0 Å². The Bertz CT molecular complexity index is 944. The first-order chi connectivity index (χ1) is 21.4. The van der Waals surface area contributed by atoms with Crippen LogP contribution < -0.4 is 0 Å². The Labute approximate surface area is 294 Å². The van der Waals surface area contributed by atoms with Gasteiger partial charge in [-0.1, -0.05) is 20.8 Å². The van der Waals surface area contributed by atoms with Crippen LogP contribution in [0.1, 0.15) is 187 Å². The Morgan fingerprint density at radius 2 is 0.979 bits per heavy atom. The fourth-order valence-electron chi connectivity index (χ4n) is 12.5. The lowest BCUT2D eigenvalue weighted by Gasteiger charge is -2.37. The van der Waals surface area contributed by atoms with Crippen molar-refractivity contribution in [2.45, 2.75) is 264 Å². The molecule has 8 bridgehead atoms. The highest BCUT2D eigenvalue weighted by Gasteiger charge is 2.55. The fourth-order valence-corrected chi connectivity index (χ4v) is 12.5. The van der Waals surface area contributed by atoms with Gasteiger partial charge < -0.3 is 5.11 Å². The molecule has 8 rings (SSSR count). The maximum absolute atomic E-state index is 10.2. The van der Waals surface area contributed by atoms with E-state index in [9.17, 15) is 5.11 Å². The standard InChI is InChI=1S/C11H21NO.C11H21N.C10H19N.C9H17N.CH4/c1-10(2,3)12-8-5-6-9(12)11(4,13)7-8;1-8-7-9-5-6-10(8)12(9)11(2,3)4;1-8(2)11-9-4-3-5-10(11)7-6-9;1-7(2)10-8-3-4-9(10)6-5-8;/h8-9,13H,5-7H2,1-4H3;8-10H,5-7H2,1-4H3;8-10H,3-7H2,1-2H3;7-9H,3-6H2,1-2H3;1H4. The molecule has 1 N–H and O–H groups in total. The Balaban J connectivity index is 0.000000141. The third kappa shape index (κ3) is 8.48. The number of fused-ring (bicyclic) bond motifs is 8. The molecule has 5 nitrogen and oxygen atoms in total. The van der Waals surface area contributed by atoms with Crippen molar-refractivity contribution in [2.24, 2.45) is 5.92 Å². The molecular formula is C42H82N4O. The molecule has 8 unspecified atom stereocenters. The highest BCUT2D eigenvalue weighted by molar-refractivity contribution is 5.10. The minimum Gasteiger partial charge on any atom is -0.388 e. The fraction of sp³-hybridized carbons (Fsp3) is 1.00. The van der Waals surface area contributed by atoms with Gasteiger partial charge in [0.15, 0.2) is 0 Å². The van der Waals surface area contributed by atoms with E-state index >= 15 is 0 Å². The molecule has 8 fully saturated rings. The van der Waals surface area contributed by atoms with Gasteiger partial charge in [0, 0.05) is 71.5 Å². The Morgan fingerprint density at radius 3 is 1.21 bits per heavy atom. The van der Waals surface area contributed by atoms with E-state index in [2.05, 4.69) is 95.8 Å². The zero-order chi connectivity index (χ0) is 33.8. The molecule has 8 heterocycles. The first-order valence-corrected chi connectivity index (χ1v) is 20.2. The minimum absolute atomic E-state index is 0. The summed E-state index contributed by atoms with van der Waals surface area (Å²) in [5.41, 5.74) is 0.180. The molecule has 8 aliphatic rings. The van der Waals surface area contributed by atoms with Crippen molar-refractivity contribution in [1.29, 1.82) is 0 Å². The zero-order valence-electron chi connectivity index (χ0n) is 32.7. The van der Waals surface area contributed by atoms with Crippen LogP contribution >= 0.6 is 0 Å². The number of rotatable bonds is 2. The van der Waals surface area contributed by atoms with E-state index in [0.717, 1.165) is 60.7 Å². The van der Waals surface area contributed by atoms with Gasteiger partial charge in [0.25, 0.3) is 0 Å². The van der Waals surface area contributed by atoms with Crippen LogP contribution in [-0.2, 0) is 0 Å². The van der Waals surface area contributed by atoms with E-state index in [-0.39, 0.29) is 13.0 Å². The highest BCUT2D eigenvalue weighted by Crippen LogP contribution is 2.48. The summed E-state index contributed by atoms with van der Waals surface area (Å²) in [5, 5.41) is 10.2. The summed E-state index contributed by atoms with van der Waals surface area (Å²) in [6, 6.07) is 8.24. The second kappa shape index (κ2) is 15.2. The van der Waals surface area contributed by atoms with Crippen LogP contribution in [0.15, 0.2) is 0 Å². The summed E-state index contributed by atoms with van der Waals surface area (Å²) in [4.78, 5) is 10.8. The number of hydrogen-bond acceptors (Lipinski definition) is 5. The molecule has 276 valence electrons. The molecule has 0 aromatic carbocycles. The van der Waals surface area contributed by atoms with Crippen LogP contribution in [-0.4, -0.2) is 102 Å². The van der Waals surface area contributed by atoms with Crippen molar-refractivity contribution in [2.75, 3.05) is 0 Å². The summed E-state index contributed by atoms with van der Waals surface area (Å²) >= 11 is 0. The summed E-state index contributed by atoms with van der Waals surface area (Å²) in [6.45, 7) is 27.6. The van der Waals surface area contributed by atoms with Gasteiger partial charge in [0.2, 0.25) is 0 Å². The maximum atomic E-state index is 10.2. The molecule has 47 heavy (non-hydrogen) atoms. The van der Waals surface area contributed by atoms with Crippen LogP contribution in [0.4, 0.5) is 0 Å². The van der Waals surface area contributed by atoms with Gasteiger partial charge >= 0.3 is 0 Å². The second-order valence-corrected chi connectivity index (χ2v) is 19.8. The predicted molar refractivity (Wildman–Crippen MR) is 203 cm³/mol. The first kappa shape index (κ1) is 39.6. The van der Waals surface area contributed by atoms with Crippen molar-refractivity contribution >= 4 is 0 Å². The summed E-state index contributed by atoms with van der Waals surface area (Å²) in [6.07, 6.45) is 21.0. The largest absolute Gasteiger partial charge is 0.388 e. The lowest BCUT2D eigenvalue weighted by Crippen LogP contribution is -2.48. The van der Waals surface area contributed by atoms with Crippen LogP contribution in [0.25, 0.3) is 0 Å². The number of nitrogens with zero attached hydrogens (tertiary/aromatic N) is 4. The van der Waals surface area contributed by atoms with Gasteiger partial charge in [-0.15, -0.1) is 0 Å². The average Bonchev–Trinajstić information content (AvgIpc) is 3.79. The normalized spacial score (nSPS) is 41.0. The van der Waals surface area contributed by atoms with Gasteiger partial charge in [-0.05, 0) is 172 Å². The predicted octanol–water partition coefficient (Wildman–Crippen LogP) is 9.50. The van der Waals surface area contributed by atoms with Gasteiger partial charge in [-0.3, -0.25) is 19.6 Å². The van der Waals surface area contributed by atoms with Crippen LogP contribution in [0, 0.1) is 5.92 Å². The number of hydrogen-bond donors (Lipinski definition) is 1. The van der Waals surface area contributed by atoms with E-state index in [1.165, 1.54) is 89.9 Å². The Morgan fingerprint density at radius 1 is 0.574 bits per heavy atom. The SMILES string of the molecule is C.CC(C)N1C2CCC1CC2.CC(C)N1C2CCCC1CC2.CC1(O)CC2CCC1N2C(C)(C)C.CC1CC2CCC1N2C(C)(C)C. The zero-order valence-corrected chi connectivity index (χ0v) is 32.7. The quantitative estimate of drug-likeness (QED) is 0.320. The number of piperidine rings is 1. The number of aliphatic hydroxyl groups is 1. The monoisotopic (exact) mass is 659 g/mol. The molecule has 0 amide bonds. The average molecular weight is 659 g/mol. The van der Waals surface area contributed by atoms with Crippen LogP contribution in [0.5, 0.6) is 0 Å². The molecule has 0 aliphatic carbocycles. The lowest BCUT2D eigenvalue weighted by atomic mass is 9.86. The molecule has 0 spiro atoms. The molecule has 8 saturated heterocycles. The lowest BCUT2D eigenvalue weighted by molar-refractivity contribution is 0.00218. The smallest absolute Gasteiger partial charge is 0.0789 e. The Kier molecular flexibility index (Phi) is 12.8. The van der Waals surface area contributed by atoms with E-state index < -0.39 is 5.60 Å². The maximum Gasteiger partial charge on any atom is 0.0789 e. The summed E-state index contributed by atoms with van der Waals surface area (Å²) < 4.78 is 0. The first-order valence-electron chi connectivity index (χ1n) is 20.2. The molecular weight excluding hydrogens is 576 g/mol. The van der Waals surface area contributed by atoms with Gasteiger partial charge in [-0.2, -0.15) is 0 Å².